The normalized spacial score (nSPS) is 25.2. The Kier molecular flexibility index (Phi) is 4.10. The van der Waals surface area contributed by atoms with Crippen molar-refractivity contribution in [3.63, 3.8) is 0 Å². The molecule has 104 valence electrons. The van der Waals surface area contributed by atoms with Crippen LogP contribution >= 0.6 is 11.6 Å². The molecule has 2 atom stereocenters. The van der Waals surface area contributed by atoms with E-state index in [2.05, 4.69) is 10.9 Å². The molecular weight excluding hydrogens is 292 g/mol. The summed E-state index contributed by atoms with van der Waals surface area (Å²) < 4.78 is 22.6. The molecule has 1 aromatic rings. The summed E-state index contributed by atoms with van der Waals surface area (Å²) in [6.45, 7) is 0. The van der Waals surface area contributed by atoms with Crippen molar-refractivity contribution < 1.29 is 18.3 Å². The van der Waals surface area contributed by atoms with Crippen molar-refractivity contribution in [2.75, 3.05) is 11.5 Å². The van der Waals surface area contributed by atoms with Crippen LogP contribution in [-0.4, -0.2) is 43.1 Å². The number of carbonyl (C=O) groups excluding carboxylic acids is 1. The summed E-state index contributed by atoms with van der Waals surface area (Å²) in [5, 5.41) is 10.0. The molecular formula is C11H13ClN2O4S. The van der Waals surface area contributed by atoms with Crippen molar-refractivity contribution in [1.29, 1.82) is 0 Å². The van der Waals surface area contributed by atoms with Crippen LogP contribution in [0.1, 0.15) is 10.4 Å². The summed E-state index contributed by atoms with van der Waals surface area (Å²) in [4.78, 5) is 11.7. The molecule has 1 fully saturated rings. The summed E-state index contributed by atoms with van der Waals surface area (Å²) >= 11 is 5.70. The highest BCUT2D eigenvalue weighted by Crippen LogP contribution is 2.12. The third-order valence-electron chi connectivity index (χ3n) is 2.80. The van der Waals surface area contributed by atoms with E-state index >= 15 is 0 Å². The molecule has 0 spiro atoms. The average molecular weight is 305 g/mol. The van der Waals surface area contributed by atoms with Gasteiger partial charge < -0.3 is 5.11 Å². The van der Waals surface area contributed by atoms with E-state index in [4.69, 9.17) is 11.6 Å². The van der Waals surface area contributed by atoms with Crippen molar-refractivity contribution in [1.82, 2.24) is 10.9 Å². The van der Waals surface area contributed by atoms with Gasteiger partial charge in [0.2, 0.25) is 0 Å². The zero-order valence-corrected chi connectivity index (χ0v) is 11.4. The molecule has 0 saturated carbocycles. The summed E-state index contributed by atoms with van der Waals surface area (Å²) in [6, 6.07) is 5.54. The lowest BCUT2D eigenvalue weighted by Crippen LogP contribution is -2.49. The van der Waals surface area contributed by atoms with Crippen LogP contribution in [-0.2, 0) is 9.84 Å². The molecule has 1 saturated heterocycles. The van der Waals surface area contributed by atoms with Gasteiger partial charge in [-0.3, -0.25) is 10.2 Å². The molecule has 2 unspecified atom stereocenters. The van der Waals surface area contributed by atoms with E-state index in [1.165, 1.54) is 0 Å². The second-order valence-electron chi connectivity index (χ2n) is 4.36. The fraction of sp³-hybridized carbons (Fsp3) is 0.364. The van der Waals surface area contributed by atoms with E-state index in [-0.39, 0.29) is 11.5 Å². The van der Waals surface area contributed by atoms with Gasteiger partial charge in [-0.05, 0) is 24.3 Å². The number of aliphatic hydroxyl groups is 1. The van der Waals surface area contributed by atoms with E-state index in [9.17, 15) is 18.3 Å². The quantitative estimate of drug-likeness (QED) is 0.668. The number of rotatable bonds is 3. The molecule has 19 heavy (non-hydrogen) atoms. The van der Waals surface area contributed by atoms with Crippen LogP contribution in [0.5, 0.6) is 0 Å². The van der Waals surface area contributed by atoms with E-state index in [1.54, 1.807) is 24.3 Å². The molecule has 1 aromatic carbocycles. The number of hydrogen-bond acceptors (Lipinski definition) is 5. The van der Waals surface area contributed by atoms with Crippen molar-refractivity contribution in [2.45, 2.75) is 12.1 Å². The van der Waals surface area contributed by atoms with Gasteiger partial charge in [0.25, 0.3) is 5.91 Å². The lowest BCUT2D eigenvalue weighted by Gasteiger charge is -2.15. The molecule has 1 aliphatic rings. The maximum Gasteiger partial charge on any atom is 0.265 e. The Bertz CT molecular complexity index is 573. The van der Waals surface area contributed by atoms with Gasteiger partial charge in [0.05, 0.1) is 23.7 Å². The maximum absolute atomic E-state index is 11.7. The molecule has 1 amide bonds. The predicted octanol–water partition coefficient (Wildman–Crippen LogP) is -0.268. The number of carbonyl (C=O) groups is 1. The van der Waals surface area contributed by atoms with Gasteiger partial charge in [-0.15, -0.1) is 0 Å². The Morgan fingerprint density at radius 2 is 1.89 bits per heavy atom. The standard InChI is InChI=1S/C11H13ClN2O4S/c12-8-3-1-7(2-4-8)11(16)14-13-9-5-19(17,18)6-10(9)15/h1-4,9-10,13,15H,5-6H2,(H,14,16). The van der Waals surface area contributed by atoms with E-state index in [1.807, 2.05) is 0 Å². The molecule has 0 aliphatic carbocycles. The summed E-state index contributed by atoms with van der Waals surface area (Å²) in [5.41, 5.74) is 5.29. The molecule has 2 rings (SSSR count). The van der Waals surface area contributed by atoms with Crippen LogP contribution in [0, 0.1) is 0 Å². The van der Waals surface area contributed by atoms with Crippen LogP contribution in [0.2, 0.25) is 5.02 Å². The highest BCUT2D eigenvalue weighted by molar-refractivity contribution is 7.91. The van der Waals surface area contributed by atoms with Crippen molar-refractivity contribution in [3.05, 3.63) is 34.9 Å². The van der Waals surface area contributed by atoms with Crippen LogP contribution in [0.3, 0.4) is 0 Å². The third kappa shape index (κ3) is 3.66. The Hall–Kier alpha value is -1.15. The molecule has 1 heterocycles. The smallest absolute Gasteiger partial charge is 0.265 e. The maximum atomic E-state index is 11.7. The lowest BCUT2D eigenvalue weighted by atomic mass is 10.2. The minimum atomic E-state index is -3.24. The molecule has 6 nitrogen and oxygen atoms in total. The zero-order valence-electron chi connectivity index (χ0n) is 9.84. The molecule has 0 bridgehead atoms. The minimum Gasteiger partial charge on any atom is -0.390 e. The number of aliphatic hydroxyl groups excluding tert-OH is 1. The second-order valence-corrected chi connectivity index (χ2v) is 6.95. The van der Waals surface area contributed by atoms with Gasteiger partial charge in [-0.25, -0.2) is 13.8 Å². The first-order valence-electron chi connectivity index (χ1n) is 5.57. The topological polar surface area (TPSA) is 95.5 Å². The largest absolute Gasteiger partial charge is 0.390 e. The zero-order chi connectivity index (χ0) is 14.0. The summed E-state index contributed by atoms with van der Waals surface area (Å²) in [7, 11) is -3.24. The predicted molar refractivity (Wildman–Crippen MR) is 70.5 cm³/mol. The number of sulfone groups is 1. The van der Waals surface area contributed by atoms with Gasteiger partial charge >= 0.3 is 0 Å². The average Bonchev–Trinajstić information content (AvgIpc) is 2.60. The summed E-state index contributed by atoms with van der Waals surface area (Å²) in [6.07, 6.45) is -1.02. The number of hydrogen-bond donors (Lipinski definition) is 3. The lowest BCUT2D eigenvalue weighted by molar-refractivity contribution is 0.0901. The number of nitrogens with one attached hydrogen (secondary N) is 2. The Morgan fingerprint density at radius 1 is 1.26 bits per heavy atom. The second kappa shape index (κ2) is 5.46. The van der Waals surface area contributed by atoms with Crippen LogP contribution in [0.25, 0.3) is 0 Å². The van der Waals surface area contributed by atoms with E-state index in [0.29, 0.717) is 10.6 Å². The van der Waals surface area contributed by atoms with Gasteiger partial charge in [-0.2, -0.15) is 0 Å². The fourth-order valence-corrected chi connectivity index (χ4v) is 3.67. The Labute approximate surface area is 115 Å². The molecule has 0 aromatic heterocycles. The van der Waals surface area contributed by atoms with Crippen molar-refractivity contribution >= 4 is 27.3 Å². The van der Waals surface area contributed by atoms with Gasteiger partial charge in [0.1, 0.15) is 0 Å². The van der Waals surface area contributed by atoms with Crippen molar-refractivity contribution in [3.8, 4) is 0 Å². The number of benzene rings is 1. The first kappa shape index (κ1) is 14.3. The first-order chi connectivity index (χ1) is 8.87. The first-order valence-corrected chi connectivity index (χ1v) is 7.77. The van der Waals surface area contributed by atoms with Crippen LogP contribution in [0.4, 0.5) is 0 Å². The summed E-state index contributed by atoms with van der Waals surface area (Å²) in [5.74, 6) is -0.913. The van der Waals surface area contributed by atoms with Gasteiger partial charge in [0.15, 0.2) is 9.84 Å². The van der Waals surface area contributed by atoms with Crippen molar-refractivity contribution in [2.24, 2.45) is 0 Å². The Balaban J connectivity index is 1.92. The Morgan fingerprint density at radius 3 is 2.42 bits per heavy atom. The van der Waals surface area contributed by atoms with Crippen LogP contribution < -0.4 is 10.9 Å². The van der Waals surface area contributed by atoms with E-state index < -0.39 is 27.9 Å². The SMILES string of the molecule is O=C(NNC1CS(=O)(=O)CC1O)c1ccc(Cl)cc1. The molecule has 0 radical (unpaired) electrons. The third-order valence-corrected chi connectivity index (χ3v) is 4.77. The van der Waals surface area contributed by atoms with Gasteiger partial charge in [-0.1, -0.05) is 11.6 Å². The number of halogens is 1. The highest BCUT2D eigenvalue weighted by atomic mass is 35.5. The molecule has 3 N–H and O–H groups in total. The molecule has 1 aliphatic heterocycles. The van der Waals surface area contributed by atoms with Gasteiger partial charge in [0, 0.05) is 10.6 Å². The minimum absolute atomic E-state index is 0.199. The fourth-order valence-electron chi connectivity index (χ4n) is 1.80. The molecule has 8 heteroatoms. The monoisotopic (exact) mass is 304 g/mol. The number of hydrazine groups is 1. The van der Waals surface area contributed by atoms with Crippen LogP contribution in [0.15, 0.2) is 24.3 Å². The van der Waals surface area contributed by atoms with E-state index in [0.717, 1.165) is 0 Å². The number of amides is 1. The highest BCUT2D eigenvalue weighted by Gasteiger charge is 2.36.